The number of sulfone groups is 1. The van der Waals surface area contributed by atoms with E-state index in [9.17, 15) is 13.2 Å². The zero-order valence-electron chi connectivity index (χ0n) is 8.19. The van der Waals surface area contributed by atoms with Gasteiger partial charge in [0, 0.05) is 0 Å². The van der Waals surface area contributed by atoms with E-state index in [0.29, 0.717) is 6.42 Å². The third-order valence-corrected chi connectivity index (χ3v) is 5.27. The van der Waals surface area contributed by atoms with Crippen molar-refractivity contribution in [2.24, 2.45) is 0 Å². The van der Waals surface area contributed by atoms with Gasteiger partial charge in [-0.2, -0.15) is 0 Å². The largest absolute Gasteiger partial charge is 0.480 e. The lowest BCUT2D eigenvalue weighted by atomic mass is 10.0. The molecule has 0 spiro atoms. The van der Waals surface area contributed by atoms with Crippen LogP contribution in [0.15, 0.2) is 0 Å². The van der Waals surface area contributed by atoms with Crippen LogP contribution < -0.4 is 0 Å². The summed E-state index contributed by atoms with van der Waals surface area (Å²) >= 11 is 0. The van der Waals surface area contributed by atoms with Gasteiger partial charge < -0.3 is 9.84 Å². The van der Waals surface area contributed by atoms with Crippen LogP contribution in [0, 0.1) is 0 Å². The fraction of sp³-hybridized carbons (Fsp3) is 0.875. The Morgan fingerprint density at radius 1 is 1.57 bits per heavy atom. The fourth-order valence-electron chi connectivity index (χ4n) is 1.53. The molecule has 1 heterocycles. The van der Waals surface area contributed by atoms with Crippen molar-refractivity contribution in [1.29, 1.82) is 0 Å². The van der Waals surface area contributed by atoms with Gasteiger partial charge in [-0.05, 0) is 20.3 Å². The van der Waals surface area contributed by atoms with E-state index in [2.05, 4.69) is 0 Å². The highest BCUT2D eigenvalue weighted by Crippen LogP contribution is 2.33. The first-order valence-electron chi connectivity index (χ1n) is 4.33. The van der Waals surface area contributed by atoms with Crippen molar-refractivity contribution in [3.63, 3.8) is 0 Å². The summed E-state index contributed by atoms with van der Waals surface area (Å²) in [6.07, 6.45) is -0.133. The van der Waals surface area contributed by atoms with Gasteiger partial charge in [-0.3, -0.25) is 0 Å². The van der Waals surface area contributed by atoms with Crippen LogP contribution in [0.4, 0.5) is 0 Å². The van der Waals surface area contributed by atoms with Gasteiger partial charge in [0.2, 0.25) is 0 Å². The van der Waals surface area contributed by atoms with Crippen molar-refractivity contribution < 1.29 is 23.1 Å². The smallest absolute Gasteiger partial charge is 0.329 e. The molecule has 0 aromatic carbocycles. The van der Waals surface area contributed by atoms with Crippen molar-refractivity contribution in [3.8, 4) is 0 Å². The monoisotopic (exact) mass is 222 g/mol. The molecule has 0 radical (unpaired) electrons. The Labute approximate surface area is 83.0 Å². The molecule has 0 aromatic rings. The molecule has 0 saturated carbocycles. The van der Waals surface area contributed by atoms with Crippen molar-refractivity contribution in [2.45, 2.75) is 31.1 Å². The molecule has 1 atom stereocenters. The highest BCUT2D eigenvalue weighted by Gasteiger charge is 2.48. The Balaban J connectivity index is 2.71. The van der Waals surface area contributed by atoms with Crippen molar-refractivity contribution in [3.05, 3.63) is 0 Å². The van der Waals surface area contributed by atoms with Gasteiger partial charge in [-0.25, -0.2) is 13.2 Å². The number of aliphatic carboxylic acids is 1. The molecule has 0 bridgehead atoms. The molecule has 0 aliphatic carbocycles. The first-order valence-corrected chi connectivity index (χ1v) is 5.98. The molecule has 1 unspecified atom stereocenters. The van der Waals surface area contributed by atoms with Crippen molar-refractivity contribution in [2.75, 3.05) is 12.4 Å². The lowest BCUT2D eigenvalue weighted by molar-refractivity contribution is -0.144. The predicted octanol–water partition coefficient (Wildman–Crippen LogP) is 0.0533. The van der Waals surface area contributed by atoms with Crippen LogP contribution in [0.5, 0.6) is 0 Å². The van der Waals surface area contributed by atoms with E-state index < -0.39 is 33.3 Å². The van der Waals surface area contributed by atoms with Gasteiger partial charge in [-0.15, -0.1) is 0 Å². The highest BCUT2D eigenvalue weighted by molar-refractivity contribution is 7.93. The summed E-state index contributed by atoms with van der Waals surface area (Å²) in [5.41, 5.74) is 0. The van der Waals surface area contributed by atoms with Crippen LogP contribution in [0.3, 0.4) is 0 Å². The molecule has 0 aromatic heterocycles. The van der Waals surface area contributed by atoms with Gasteiger partial charge >= 0.3 is 5.97 Å². The summed E-state index contributed by atoms with van der Waals surface area (Å²) in [7, 11) is -3.14. The normalized spacial score (nSPS) is 28.9. The quantitative estimate of drug-likeness (QED) is 0.730. The van der Waals surface area contributed by atoms with Crippen LogP contribution in [0.25, 0.3) is 0 Å². The number of carboxylic acids is 1. The fourth-order valence-corrected chi connectivity index (χ4v) is 3.17. The number of carboxylic acid groups (broad SMARTS) is 1. The highest BCUT2D eigenvalue weighted by atomic mass is 32.2. The van der Waals surface area contributed by atoms with Crippen LogP contribution in [0.1, 0.15) is 20.3 Å². The molecule has 1 fully saturated rings. The second-order valence-electron chi connectivity index (χ2n) is 3.90. The van der Waals surface area contributed by atoms with E-state index in [1.165, 1.54) is 0 Å². The summed E-state index contributed by atoms with van der Waals surface area (Å²) < 4.78 is 27.1. The summed E-state index contributed by atoms with van der Waals surface area (Å²) in [6.45, 7) is 2.70. The molecule has 6 heteroatoms. The second-order valence-corrected chi connectivity index (χ2v) is 6.59. The Kier molecular flexibility index (Phi) is 2.87. The molecule has 1 saturated heterocycles. The first kappa shape index (κ1) is 11.5. The average molecular weight is 222 g/mol. The molecule has 14 heavy (non-hydrogen) atoms. The molecule has 82 valence electrons. The predicted molar refractivity (Wildman–Crippen MR) is 49.9 cm³/mol. The van der Waals surface area contributed by atoms with Gasteiger partial charge in [-0.1, -0.05) is 0 Å². The lowest BCUT2D eigenvalue weighted by Crippen LogP contribution is -2.39. The molecule has 5 nitrogen and oxygen atoms in total. The maximum atomic E-state index is 11.5. The summed E-state index contributed by atoms with van der Waals surface area (Å²) in [6, 6.07) is 0. The van der Waals surface area contributed by atoms with Gasteiger partial charge in [0.15, 0.2) is 9.84 Å². The number of carbonyl (C=O) groups is 1. The van der Waals surface area contributed by atoms with Crippen molar-refractivity contribution in [1.82, 2.24) is 0 Å². The zero-order chi connectivity index (χ0) is 11.0. The number of hydrogen-bond donors (Lipinski definition) is 1. The summed E-state index contributed by atoms with van der Waals surface area (Å²) in [4.78, 5) is 10.3. The molecule has 1 aliphatic rings. The molecular weight excluding hydrogens is 208 g/mol. The Morgan fingerprint density at radius 2 is 2.14 bits per heavy atom. The average Bonchev–Trinajstić information content (AvgIpc) is 2.20. The van der Waals surface area contributed by atoms with E-state index in [-0.39, 0.29) is 5.75 Å². The molecular formula is C8H14O5S. The third-order valence-electron chi connectivity index (χ3n) is 2.63. The van der Waals surface area contributed by atoms with E-state index >= 15 is 0 Å². The molecule has 0 amide bonds. The van der Waals surface area contributed by atoms with Gasteiger partial charge in [0.25, 0.3) is 0 Å². The molecule has 1 aliphatic heterocycles. The maximum absolute atomic E-state index is 11.5. The van der Waals surface area contributed by atoms with Gasteiger partial charge in [0.05, 0.1) is 16.6 Å². The number of ether oxygens (including phenoxy) is 1. The van der Waals surface area contributed by atoms with E-state index in [1.54, 1.807) is 13.8 Å². The topological polar surface area (TPSA) is 80.7 Å². The Morgan fingerprint density at radius 3 is 2.50 bits per heavy atom. The number of hydrogen-bond acceptors (Lipinski definition) is 4. The van der Waals surface area contributed by atoms with E-state index in [4.69, 9.17) is 9.84 Å². The summed E-state index contributed by atoms with van der Waals surface area (Å²) in [5.74, 6) is -1.00. The second kappa shape index (κ2) is 3.51. The maximum Gasteiger partial charge on any atom is 0.329 e. The minimum absolute atomic E-state index is 0.0737. The lowest BCUT2D eigenvalue weighted by Gasteiger charge is -2.24. The van der Waals surface area contributed by atoms with Crippen LogP contribution in [-0.2, 0) is 19.4 Å². The van der Waals surface area contributed by atoms with E-state index in [1.807, 2.05) is 0 Å². The van der Waals surface area contributed by atoms with Crippen LogP contribution in [-0.4, -0.2) is 42.7 Å². The minimum Gasteiger partial charge on any atom is -0.480 e. The standard InChI is InChI=1S/C8H14O5S/c1-8(2)6(13-5-7(9)10)3-4-14(8,11)12/h6H,3-5H2,1-2H3,(H,9,10). The first-order chi connectivity index (χ1) is 6.27. The zero-order valence-corrected chi connectivity index (χ0v) is 9.00. The Bertz CT molecular complexity index is 330. The minimum atomic E-state index is -3.14. The van der Waals surface area contributed by atoms with Crippen molar-refractivity contribution >= 4 is 15.8 Å². The van der Waals surface area contributed by atoms with Crippen LogP contribution in [0.2, 0.25) is 0 Å². The third kappa shape index (κ3) is 1.90. The van der Waals surface area contributed by atoms with Gasteiger partial charge in [0.1, 0.15) is 6.61 Å². The van der Waals surface area contributed by atoms with E-state index in [0.717, 1.165) is 0 Å². The molecule has 1 N–H and O–H groups in total. The Hall–Kier alpha value is -0.620. The molecule has 1 rings (SSSR count). The number of rotatable bonds is 3. The van der Waals surface area contributed by atoms with Crippen LogP contribution >= 0.6 is 0 Å². The SMILES string of the molecule is CC1(C)C(OCC(=O)O)CCS1(=O)=O. The summed E-state index contributed by atoms with van der Waals surface area (Å²) in [5, 5.41) is 8.40.